The molecule has 0 unspecified atom stereocenters. The molecule has 1 heterocycles. The van der Waals surface area contributed by atoms with Crippen LogP contribution < -0.4 is 0 Å². The van der Waals surface area contributed by atoms with Crippen molar-refractivity contribution in [1.29, 1.82) is 0 Å². The van der Waals surface area contributed by atoms with Crippen molar-refractivity contribution in [3.8, 4) is 16.8 Å². The Kier molecular flexibility index (Phi) is 3.67. The maximum absolute atomic E-state index is 9.05. The summed E-state index contributed by atoms with van der Waals surface area (Å²) >= 11 is 3.42. The van der Waals surface area contributed by atoms with Crippen LogP contribution in [0.25, 0.3) is 16.8 Å². The summed E-state index contributed by atoms with van der Waals surface area (Å²) in [5.41, 5.74) is 4.07. The Hall–Kier alpha value is -1.91. The number of hydrogen-bond acceptors (Lipinski definition) is 2. The zero-order valence-electron chi connectivity index (χ0n) is 10.7. The topological polar surface area (TPSA) is 38.1 Å². The van der Waals surface area contributed by atoms with Crippen LogP contribution in [0, 0.1) is 0 Å². The molecule has 0 amide bonds. The smallest absolute Gasteiger partial charge is 0.0681 e. The van der Waals surface area contributed by atoms with E-state index in [2.05, 4.69) is 21.0 Å². The lowest BCUT2D eigenvalue weighted by atomic mass is 10.1. The molecule has 1 N–H and O–H groups in total. The molecule has 1 aromatic heterocycles. The van der Waals surface area contributed by atoms with E-state index in [1.54, 1.807) is 0 Å². The molecule has 100 valence electrons. The number of aliphatic hydroxyl groups excluding tert-OH is 1. The van der Waals surface area contributed by atoms with Crippen molar-refractivity contribution in [3.63, 3.8) is 0 Å². The average molecular weight is 329 g/mol. The Balaban J connectivity index is 1.91. The van der Waals surface area contributed by atoms with Gasteiger partial charge in [-0.1, -0.05) is 40.2 Å². The van der Waals surface area contributed by atoms with Crippen LogP contribution in [-0.4, -0.2) is 14.9 Å². The highest BCUT2D eigenvalue weighted by atomic mass is 79.9. The number of benzene rings is 2. The molecule has 0 aliphatic carbocycles. The predicted octanol–water partition coefficient (Wildman–Crippen LogP) is 3.79. The van der Waals surface area contributed by atoms with Gasteiger partial charge < -0.3 is 5.11 Å². The largest absolute Gasteiger partial charge is 0.392 e. The van der Waals surface area contributed by atoms with Gasteiger partial charge in [0.25, 0.3) is 0 Å². The fourth-order valence-corrected chi connectivity index (χ4v) is 2.27. The molecule has 0 saturated heterocycles. The summed E-state index contributed by atoms with van der Waals surface area (Å²) in [5.74, 6) is 0. The lowest BCUT2D eigenvalue weighted by molar-refractivity contribution is 0.282. The van der Waals surface area contributed by atoms with E-state index in [0.29, 0.717) is 0 Å². The first-order valence-electron chi connectivity index (χ1n) is 6.27. The molecule has 0 aliphatic rings. The first-order valence-corrected chi connectivity index (χ1v) is 7.06. The molecule has 0 spiro atoms. The monoisotopic (exact) mass is 328 g/mol. The predicted molar refractivity (Wildman–Crippen MR) is 82.6 cm³/mol. The number of nitrogens with zero attached hydrogens (tertiary/aromatic N) is 2. The summed E-state index contributed by atoms with van der Waals surface area (Å²) in [6.45, 7) is 0.0679. The highest BCUT2D eigenvalue weighted by Gasteiger charge is 2.03. The van der Waals surface area contributed by atoms with Gasteiger partial charge in [-0.15, -0.1) is 0 Å². The summed E-state index contributed by atoms with van der Waals surface area (Å²) in [4.78, 5) is 0. The average Bonchev–Trinajstić information content (AvgIpc) is 2.98. The van der Waals surface area contributed by atoms with Gasteiger partial charge in [-0.3, -0.25) is 0 Å². The number of hydrogen-bond donors (Lipinski definition) is 1. The molecular weight excluding hydrogens is 316 g/mol. The zero-order valence-corrected chi connectivity index (χ0v) is 12.3. The Morgan fingerprint density at radius 2 is 1.65 bits per heavy atom. The van der Waals surface area contributed by atoms with Crippen LogP contribution in [0.5, 0.6) is 0 Å². The Bertz CT molecular complexity index is 702. The van der Waals surface area contributed by atoms with E-state index in [-0.39, 0.29) is 6.61 Å². The third kappa shape index (κ3) is 2.66. The minimum atomic E-state index is 0.0679. The fourth-order valence-electron chi connectivity index (χ4n) is 2.01. The van der Waals surface area contributed by atoms with Crippen LogP contribution in [0.15, 0.2) is 65.4 Å². The van der Waals surface area contributed by atoms with Crippen molar-refractivity contribution in [3.05, 3.63) is 71.0 Å². The van der Waals surface area contributed by atoms with Crippen LogP contribution in [0.2, 0.25) is 0 Å². The molecule has 20 heavy (non-hydrogen) atoms. The van der Waals surface area contributed by atoms with Gasteiger partial charge in [0.1, 0.15) is 0 Å². The SMILES string of the molecule is OCc1ccc(-c2cnn(-c3ccc(Br)cc3)c2)cc1. The van der Waals surface area contributed by atoms with Gasteiger partial charge in [0.2, 0.25) is 0 Å². The summed E-state index contributed by atoms with van der Waals surface area (Å²) < 4.78 is 2.90. The van der Waals surface area contributed by atoms with E-state index in [4.69, 9.17) is 5.11 Å². The van der Waals surface area contributed by atoms with Crippen molar-refractivity contribution in [2.75, 3.05) is 0 Å². The van der Waals surface area contributed by atoms with Crippen molar-refractivity contribution in [1.82, 2.24) is 9.78 Å². The summed E-state index contributed by atoms with van der Waals surface area (Å²) in [6.07, 6.45) is 3.84. The number of rotatable bonds is 3. The van der Waals surface area contributed by atoms with Crippen molar-refractivity contribution >= 4 is 15.9 Å². The fraction of sp³-hybridized carbons (Fsp3) is 0.0625. The minimum Gasteiger partial charge on any atom is -0.392 e. The van der Waals surface area contributed by atoms with E-state index in [9.17, 15) is 0 Å². The third-order valence-electron chi connectivity index (χ3n) is 3.14. The van der Waals surface area contributed by atoms with Crippen LogP contribution in [0.1, 0.15) is 5.56 Å². The second-order valence-corrected chi connectivity index (χ2v) is 5.42. The van der Waals surface area contributed by atoms with Crippen molar-refractivity contribution in [2.24, 2.45) is 0 Å². The molecule has 0 saturated carbocycles. The maximum atomic E-state index is 9.05. The zero-order chi connectivity index (χ0) is 13.9. The summed E-state index contributed by atoms with van der Waals surface area (Å²) in [7, 11) is 0. The standard InChI is InChI=1S/C16H13BrN2O/c17-15-5-7-16(8-6-15)19-10-14(9-18-19)13-3-1-12(11-20)2-4-13/h1-10,20H,11H2. The quantitative estimate of drug-likeness (QED) is 0.794. The van der Waals surface area contributed by atoms with Crippen LogP contribution in [0.4, 0.5) is 0 Å². The summed E-state index contributed by atoms with van der Waals surface area (Å²) in [5, 5.41) is 13.4. The van der Waals surface area contributed by atoms with E-state index in [1.165, 1.54) is 0 Å². The van der Waals surface area contributed by atoms with Gasteiger partial charge in [0, 0.05) is 16.2 Å². The molecule has 3 aromatic rings. The van der Waals surface area contributed by atoms with Crippen molar-refractivity contribution in [2.45, 2.75) is 6.61 Å². The van der Waals surface area contributed by atoms with Gasteiger partial charge >= 0.3 is 0 Å². The second kappa shape index (κ2) is 5.61. The van der Waals surface area contributed by atoms with E-state index >= 15 is 0 Å². The van der Waals surface area contributed by atoms with Gasteiger partial charge in [-0.2, -0.15) is 5.10 Å². The maximum Gasteiger partial charge on any atom is 0.0681 e. The first kappa shape index (κ1) is 13.1. The molecule has 3 rings (SSSR count). The third-order valence-corrected chi connectivity index (χ3v) is 3.67. The molecular formula is C16H13BrN2O. The number of aliphatic hydroxyl groups is 1. The molecule has 0 aliphatic heterocycles. The minimum absolute atomic E-state index is 0.0679. The van der Waals surface area contributed by atoms with Crippen molar-refractivity contribution < 1.29 is 5.11 Å². The van der Waals surface area contributed by atoms with E-state index in [1.807, 2.05) is 65.6 Å². The lowest BCUT2D eigenvalue weighted by Gasteiger charge is -2.01. The normalized spacial score (nSPS) is 10.7. The lowest BCUT2D eigenvalue weighted by Crippen LogP contribution is -1.92. The van der Waals surface area contributed by atoms with Gasteiger partial charge in [-0.25, -0.2) is 4.68 Å². The van der Waals surface area contributed by atoms with E-state index in [0.717, 1.165) is 26.9 Å². The van der Waals surface area contributed by atoms with E-state index < -0.39 is 0 Å². The number of halogens is 1. The molecule has 2 aromatic carbocycles. The number of aromatic nitrogens is 2. The first-order chi connectivity index (χ1) is 9.76. The highest BCUT2D eigenvalue weighted by Crippen LogP contribution is 2.21. The molecule has 4 heteroatoms. The summed E-state index contributed by atoms with van der Waals surface area (Å²) in [6, 6.07) is 15.8. The second-order valence-electron chi connectivity index (χ2n) is 4.51. The Morgan fingerprint density at radius 1 is 0.950 bits per heavy atom. The van der Waals surface area contributed by atoms with Crippen LogP contribution in [0.3, 0.4) is 0 Å². The van der Waals surface area contributed by atoms with Crippen LogP contribution in [-0.2, 0) is 6.61 Å². The van der Waals surface area contributed by atoms with Crippen LogP contribution >= 0.6 is 15.9 Å². The van der Waals surface area contributed by atoms with Gasteiger partial charge in [0.15, 0.2) is 0 Å². The molecule has 0 bridgehead atoms. The Morgan fingerprint density at radius 3 is 2.30 bits per heavy atom. The molecule has 3 nitrogen and oxygen atoms in total. The molecule has 0 radical (unpaired) electrons. The Labute approximate surface area is 125 Å². The highest BCUT2D eigenvalue weighted by molar-refractivity contribution is 9.10. The molecule has 0 fully saturated rings. The van der Waals surface area contributed by atoms with Gasteiger partial charge in [0.05, 0.1) is 18.5 Å². The molecule has 0 atom stereocenters. The van der Waals surface area contributed by atoms with Gasteiger partial charge in [-0.05, 0) is 35.4 Å².